The molecule has 0 unspecified atom stereocenters. The van der Waals surface area contributed by atoms with Crippen LogP contribution in [0, 0.1) is 0 Å². The fourth-order valence-corrected chi connectivity index (χ4v) is 2.75. The van der Waals surface area contributed by atoms with Gasteiger partial charge in [-0.05, 0) is 44.9 Å². The van der Waals surface area contributed by atoms with E-state index in [2.05, 4.69) is 4.72 Å². The average molecular weight is 321 g/mol. The molecular weight excluding hydrogens is 300 g/mol. The van der Waals surface area contributed by atoms with Gasteiger partial charge in [0.05, 0.1) is 21.7 Å². The number of nitrogens with one attached hydrogen (secondary N) is 1. The molecule has 1 aromatic carbocycles. The zero-order chi connectivity index (χ0) is 15.2. The lowest BCUT2D eigenvalue weighted by molar-refractivity contribution is 0.0762. The van der Waals surface area contributed by atoms with Crippen molar-refractivity contribution < 1.29 is 13.2 Å². The van der Waals surface area contributed by atoms with E-state index < -0.39 is 10.0 Å². The molecule has 0 bridgehead atoms. The van der Waals surface area contributed by atoms with Crippen molar-refractivity contribution in [3.05, 3.63) is 23.2 Å². The highest BCUT2D eigenvalue weighted by Gasteiger charge is 2.14. The van der Waals surface area contributed by atoms with Crippen molar-refractivity contribution in [1.82, 2.24) is 4.72 Å². The van der Waals surface area contributed by atoms with E-state index in [-0.39, 0.29) is 16.7 Å². The van der Waals surface area contributed by atoms with Crippen LogP contribution in [0.4, 0.5) is 5.69 Å². The fourth-order valence-electron chi connectivity index (χ4n) is 1.52. The van der Waals surface area contributed by atoms with Gasteiger partial charge in [0.1, 0.15) is 0 Å². The summed E-state index contributed by atoms with van der Waals surface area (Å²) < 4.78 is 31.9. The molecule has 0 spiro atoms. The summed E-state index contributed by atoms with van der Waals surface area (Å²) in [4.78, 5) is 0.123. The number of nitrogens with two attached hydrogens (primary N) is 1. The van der Waals surface area contributed by atoms with Gasteiger partial charge in [0.25, 0.3) is 0 Å². The van der Waals surface area contributed by atoms with Crippen molar-refractivity contribution in [1.29, 1.82) is 0 Å². The lowest BCUT2D eigenvalue weighted by atomic mass is 10.3. The van der Waals surface area contributed by atoms with Gasteiger partial charge < -0.3 is 10.5 Å². The molecule has 1 aromatic rings. The molecule has 0 amide bonds. The largest absolute Gasteiger partial charge is 0.397 e. The van der Waals surface area contributed by atoms with Crippen LogP contribution >= 0.6 is 11.6 Å². The Kier molecular flexibility index (Phi) is 6.75. The molecule has 20 heavy (non-hydrogen) atoms. The van der Waals surface area contributed by atoms with Crippen LogP contribution in [0.1, 0.15) is 26.7 Å². The van der Waals surface area contributed by atoms with Gasteiger partial charge in [0.2, 0.25) is 10.0 Å². The summed E-state index contributed by atoms with van der Waals surface area (Å²) in [6.07, 6.45) is 1.72. The molecule has 0 heterocycles. The van der Waals surface area contributed by atoms with E-state index in [1.807, 2.05) is 13.8 Å². The zero-order valence-electron chi connectivity index (χ0n) is 11.7. The molecule has 0 atom stereocenters. The number of benzene rings is 1. The van der Waals surface area contributed by atoms with Gasteiger partial charge in [-0.3, -0.25) is 0 Å². The third-order valence-electron chi connectivity index (χ3n) is 2.59. The standard InChI is InChI=1S/C13H21ClN2O3S/c1-10(2)19-8-4-3-7-16-20(17,18)11-5-6-12(14)13(15)9-11/h5-6,9-10,16H,3-4,7-8,15H2,1-2H3. The third-order valence-corrected chi connectivity index (χ3v) is 4.40. The Bertz CT molecular complexity index is 532. The van der Waals surface area contributed by atoms with E-state index in [4.69, 9.17) is 22.1 Å². The van der Waals surface area contributed by atoms with E-state index in [1.165, 1.54) is 18.2 Å². The number of ether oxygens (including phenoxy) is 1. The number of hydrogen-bond donors (Lipinski definition) is 2. The van der Waals surface area contributed by atoms with Gasteiger partial charge in [-0.1, -0.05) is 11.6 Å². The van der Waals surface area contributed by atoms with Crippen LogP contribution in [0.3, 0.4) is 0 Å². The molecule has 0 saturated heterocycles. The van der Waals surface area contributed by atoms with Gasteiger partial charge in [-0.2, -0.15) is 0 Å². The molecule has 0 aromatic heterocycles. The Balaban J connectivity index is 2.43. The van der Waals surface area contributed by atoms with Crippen molar-refractivity contribution in [2.75, 3.05) is 18.9 Å². The molecule has 0 aliphatic heterocycles. The SMILES string of the molecule is CC(C)OCCCCNS(=O)(=O)c1ccc(Cl)c(N)c1. The first-order valence-electron chi connectivity index (χ1n) is 6.49. The second-order valence-corrected chi connectivity index (χ2v) is 6.88. The Morgan fingerprint density at radius 1 is 1.35 bits per heavy atom. The summed E-state index contributed by atoms with van der Waals surface area (Å²) >= 11 is 5.76. The number of halogens is 1. The highest BCUT2D eigenvalue weighted by molar-refractivity contribution is 7.89. The molecule has 114 valence electrons. The number of sulfonamides is 1. The maximum absolute atomic E-state index is 12.0. The van der Waals surface area contributed by atoms with Crippen LogP contribution < -0.4 is 10.5 Å². The fraction of sp³-hybridized carbons (Fsp3) is 0.538. The number of rotatable bonds is 8. The van der Waals surface area contributed by atoms with E-state index >= 15 is 0 Å². The highest BCUT2D eigenvalue weighted by atomic mass is 35.5. The molecular formula is C13H21ClN2O3S. The number of anilines is 1. The molecule has 7 heteroatoms. The quantitative estimate of drug-likeness (QED) is 0.569. The van der Waals surface area contributed by atoms with E-state index in [1.54, 1.807) is 0 Å². The molecule has 1 rings (SSSR count). The van der Waals surface area contributed by atoms with Crippen molar-refractivity contribution in [2.45, 2.75) is 37.7 Å². The molecule has 5 nitrogen and oxygen atoms in total. The van der Waals surface area contributed by atoms with Crippen molar-refractivity contribution >= 4 is 27.3 Å². The maximum Gasteiger partial charge on any atom is 0.240 e. The molecule has 0 radical (unpaired) electrons. The average Bonchev–Trinajstić information content (AvgIpc) is 2.36. The van der Waals surface area contributed by atoms with Crippen LogP contribution in [0.5, 0.6) is 0 Å². The van der Waals surface area contributed by atoms with Crippen LogP contribution in [-0.2, 0) is 14.8 Å². The molecule has 0 saturated carbocycles. The minimum Gasteiger partial charge on any atom is -0.397 e. The van der Waals surface area contributed by atoms with Crippen LogP contribution in [0.2, 0.25) is 5.02 Å². The Morgan fingerprint density at radius 2 is 2.05 bits per heavy atom. The topological polar surface area (TPSA) is 81.4 Å². The summed E-state index contributed by atoms with van der Waals surface area (Å²) in [5.74, 6) is 0. The second kappa shape index (κ2) is 7.83. The molecule has 3 N–H and O–H groups in total. The summed E-state index contributed by atoms with van der Waals surface area (Å²) in [6, 6.07) is 4.26. The predicted molar refractivity (Wildman–Crippen MR) is 81.4 cm³/mol. The van der Waals surface area contributed by atoms with Crippen LogP contribution in [0.25, 0.3) is 0 Å². The summed E-state index contributed by atoms with van der Waals surface area (Å²) in [5, 5.41) is 0.342. The first-order valence-corrected chi connectivity index (χ1v) is 8.35. The lowest BCUT2D eigenvalue weighted by Gasteiger charge is -2.09. The Morgan fingerprint density at radius 3 is 2.65 bits per heavy atom. The minimum atomic E-state index is -3.53. The third kappa shape index (κ3) is 5.66. The number of nitrogen functional groups attached to an aromatic ring is 1. The Labute approximate surface area is 125 Å². The molecule has 0 fully saturated rings. The van der Waals surface area contributed by atoms with Gasteiger partial charge in [0.15, 0.2) is 0 Å². The van der Waals surface area contributed by atoms with E-state index in [0.717, 1.165) is 12.8 Å². The summed E-state index contributed by atoms with van der Waals surface area (Å²) in [6.45, 7) is 4.93. The van der Waals surface area contributed by atoms with E-state index in [9.17, 15) is 8.42 Å². The monoisotopic (exact) mass is 320 g/mol. The van der Waals surface area contributed by atoms with E-state index in [0.29, 0.717) is 18.2 Å². The first kappa shape index (κ1) is 17.2. The minimum absolute atomic E-state index is 0.123. The van der Waals surface area contributed by atoms with Crippen molar-refractivity contribution in [3.8, 4) is 0 Å². The highest BCUT2D eigenvalue weighted by Crippen LogP contribution is 2.21. The lowest BCUT2D eigenvalue weighted by Crippen LogP contribution is -2.25. The predicted octanol–water partition coefficient (Wildman–Crippen LogP) is 2.41. The Hall–Kier alpha value is -0.820. The smallest absolute Gasteiger partial charge is 0.240 e. The number of hydrogen-bond acceptors (Lipinski definition) is 4. The van der Waals surface area contributed by atoms with Crippen LogP contribution in [0.15, 0.2) is 23.1 Å². The van der Waals surface area contributed by atoms with Crippen LogP contribution in [-0.4, -0.2) is 27.7 Å². The second-order valence-electron chi connectivity index (χ2n) is 4.71. The zero-order valence-corrected chi connectivity index (χ0v) is 13.3. The van der Waals surface area contributed by atoms with Gasteiger partial charge >= 0.3 is 0 Å². The molecule has 0 aliphatic carbocycles. The van der Waals surface area contributed by atoms with Crippen molar-refractivity contribution in [2.24, 2.45) is 0 Å². The van der Waals surface area contributed by atoms with Gasteiger partial charge in [-0.25, -0.2) is 13.1 Å². The maximum atomic E-state index is 12.0. The molecule has 0 aliphatic rings. The van der Waals surface area contributed by atoms with Gasteiger partial charge in [-0.15, -0.1) is 0 Å². The van der Waals surface area contributed by atoms with Gasteiger partial charge in [0, 0.05) is 13.2 Å². The summed E-state index contributed by atoms with van der Waals surface area (Å²) in [5.41, 5.74) is 5.85. The summed E-state index contributed by atoms with van der Waals surface area (Å²) in [7, 11) is -3.53. The first-order chi connectivity index (χ1) is 9.33. The van der Waals surface area contributed by atoms with Crippen molar-refractivity contribution in [3.63, 3.8) is 0 Å². The normalized spacial score (nSPS) is 12.0. The number of unbranched alkanes of at least 4 members (excludes halogenated alkanes) is 1.